The van der Waals surface area contributed by atoms with Crippen LogP contribution in [0.15, 0.2) is 30.3 Å². The minimum atomic E-state index is -1.82. The number of rotatable bonds is 12. The van der Waals surface area contributed by atoms with E-state index < -0.39 is 46.5 Å². The van der Waals surface area contributed by atoms with Gasteiger partial charge in [0.05, 0.1) is 6.04 Å². The smallest absolute Gasteiger partial charge is 0.408 e. The Hall–Kier alpha value is -4.03. The van der Waals surface area contributed by atoms with Gasteiger partial charge in [0.25, 0.3) is 0 Å². The number of aromatic amines is 1. The number of aromatic nitrogens is 4. The number of tetrazole rings is 1. The van der Waals surface area contributed by atoms with Gasteiger partial charge in [-0.3, -0.25) is 9.59 Å². The molecule has 0 saturated heterocycles. The number of hydrogen-bond donors (Lipinski definition) is 4. The van der Waals surface area contributed by atoms with E-state index in [2.05, 4.69) is 31.3 Å². The van der Waals surface area contributed by atoms with Crippen molar-refractivity contribution in [3.8, 4) is 0 Å². The maximum absolute atomic E-state index is 13.0. The van der Waals surface area contributed by atoms with Gasteiger partial charge in [0.1, 0.15) is 17.7 Å². The molecule has 4 N–H and O–H groups in total. The van der Waals surface area contributed by atoms with Crippen LogP contribution in [0.1, 0.15) is 84.7 Å². The van der Waals surface area contributed by atoms with E-state index in [1.54, 1.807) is 65.8 Å². The number of carbonyl (C=O) groups is 4. The molecule has 214 valence electrons. The van der Waals surface area contributed by atoms with Crippen molar-refractivity contribution in [1.29, 1.82) is 0 Å². The highest BCUT2D eigenvalue weighted by Crippen LogP contribution is 2.35. The Morgan fingerprint density at radius 2 is 1.69 bits per heavy atom. The SMILES string of the molecule is CC(C)(C)OC(=O)CC[C@@H](NC(=O)CC[C@@](NC(=O)OCc1ccccc1)(C(=O)O)C(C)(C)C)c1nn[nH]n1. The summed E-state index contributed by atoms with van der Waals surface area (Å²) in [5.74, 6) is -2.13. The molecular formula is C26H38N6O7. The van der Waals surface area contributed by atoms with Gasteiger partial charge in [-0.1, -0.05) is 56.3 Å². The lowest BCUT2D eigenvalue weighted by atomic mass is 9.70. The average Bonchev–Trinajstić information content (AvgIpc) is 3.36. The van der Waals surface area contributed by atoms with Gasteiger partial charge in [-0.25, -0.2) is 9.59 Å². The molecule has 39 heavy (non-hydrogen) atoms. The molecule has 13 heteroatoms. The summed E-state index contributed by atoms with van der Waals surface area (Å²) in [4.78, 5) is 50.3. The second-order valence-electron chi connectivity index (χ2n) is 11.2. The second-order valence-corrected chi connectivity index (χ2v) is 11.2. The third-order valence-corrected chi connectivity index (χ3v) is 5.97. The molecule has 0 fully saturated rings. The molecule has 1 aromatic carbocycles. The fourth-order valence-corrected chi connectivity index (χ4v) is 3.84. The lowest BCUT2D eigenvalue weighted by Crippen LogP contribution is -2.62. The molecule has 2 aromatic rings. The number of esters is 1. The van der Waals surface area contributed by atoms with Crippen LogP contribution in [0, 0.1) is 5.41 Å². The van der Waals surface area contributed by atoms with E-state index in [-0.39, 0.29) is 38.1 Å². The molecule has 2 atom stereocenters. The van der Waals surface area contributed by atoms with Gasteiger partial charge in [0.2, 0.25) is 5.91 Å². The highest BCUT2D eigenvalue weighted by Gasteiger charge is 2.50. The zero-order valence-corrected chi connectivity index (χ0v) is 23.2. The summed E-state index contributed by atoms with van der Waals surface area (Å²) < 4.78 is 10.6. The molecule has 0 bridgehead atoms. The maximum atomic E-state index is 13.0. The Bertz CT molecular complexity index is 1110. The molecule has 2 rings (SSSR count). The summed E-state index contributed by atoms with van der Waals surface area (Å²) >= 11 is 0. The first-order chi connectivity index (χ1) is 18.1. The topological polar surface area (TPSA) is 185 Å². The van der Waals surface area contributed by atoms with Gasteiger partial charge in [-0.05, 0) is 44.6 Å². The number of aliphatic carboxylic acids is 1. The number of carboxylic acid groups (broad SMARTS) is 1. The number of hydrogen-bond acceptors (Lipinski definition) is 9. The standard InChI is InChI=1S/C26H38N6O7/c1-24(2,3)26(22(35)36,28-23(37)38-16-17-10-8-7-9-11-17)15-14-19(33)27-18(21-29-31-32-30-21)12-13-20(34)39-25(4,5)6/h7-11,18H,12-16H2,1-6H3,(H,27,33)(H,28,37)(H,35,36)(H,29,30,31,32)/t18-,26-/m1/s1. The average molecular weight is 547 g/mol. The van der Waals surface area contributed by atoms with Crippen LogP contribution in [0.3, 0.4) is 0 Å². The Labute approximate surface area is 227 Å². The number of carboxylic acids is 1. The van der Waals surface area contributed by atoms with E-state index in [4.69, 9.17) is 9.47 Å². The van der Waals surface area contributed by atoms with Gasteiger partial charge in [0, 0.05) is 12.8 Å². The highest BCUT2D eigenvalue weighted by atomic mass is 16.6. The highest BCUT2D eigenvalue weighted by molar-refractivity contribution is 5.86. The lowest BCUT2D eigenvalue weighted by Gasteiger charge is -2.41. The van der Waals surface area contributed by atoms with E-state index in [9.17, 15) is 24.3 Å². The van der Waals surface area contributed by atoms with Crippen molar-refractivity contribution >= 4 is 23.9 Å². The van der Waals surface area contributed by atoms with Crippen LogP contribution in [0.4, 0.5) is 4.79 Å². The first-order valence-electron chi connectivity index (χ1n) is 12.6. The number of alkyl carbamates (subject to hydrolysis) is 1. The molecule has 0 aliphatic rings. The third kappa shape index (κ3) is 9.65. The number of H-pyrrole nitrogens is 1. The number of benzene rings is 1. The lowest BCUT2D eigenvalue weighted by molar-refractivity contribution is -0.155. The predicted octanol–water partition coefficient (Wildman–Crippen LogP) is 3.06. The summed E-state index contributed by atoms with van der Waals surface area (Å²) in [5.41, 5.74) is -2.74. The van der Waals surface area contributed by atoms with Gasteiger partial charge in [0.15, 0.2) is 5.82 Å². The number of amides is 2. The summed E-state index contributed by atoms with van der Waals surface area (Å²) in [5, 5.41) is 29.0. The van der Waals surface area contributed by atoms with Crippen LogP contribution < -0.4 is 10.6 Å². The van der Waals surface area contributed by atoms with Gasteiger partial charge >= 0.3 is 18.0 Å². The molecule has 0 radical (unpaired) electrons. The molecule has 0 spiro atoms. The van der Waals surface area contributed by atoms with Crippen LogP contribution in [-0.2, 0) is 30.5 Å². The van der Waals surface area contributed by atoms with Crippen LogP contribution in [0.5, 0.6) is 0 Å². The number of ether oxygens (including phenoxy) is 2. The van der Waals surface area contributed by atoms with E-state index in [0.29, 0.717) is 0 Å². The zero-order valence-electron chi connectivity index (χ0n) is 23.2. The Morgan fingerprint density at radius 3 is 2.23 bits per heavy atom. The van der Waals surface area contributed by atoms with Gasteiger partial charge in [-0.2, -0.15) is 5.21 Å². The van der Waals surface area contributed by atoms with Crippen molar-refractivity contribution in [2.24, 2.45) is 5.41 Å². The summed E-state index contributed by atoms with van der Waals surface area (Å²) in [7, 11) is 0. The summed E-state index contributed by atoms with van der Waals surface area (Å²) in [6, 6.07) is 8.18. The fraction of sp³-hybridized carbons (Fsp3) is 0.577. The maximum Gasteiger partial charge on any atom is 0.408 e. The number of nitrogens with one attached hydrogen (secondary N) is 3. The van der Waals surface area contributed by atoms with Crippen molar-refractivity contribution in [3.63, 3.8) is 0 Å². The summed E-state index contributed by atoms with van der Waals surface area (Å²) in [6.07, 6.45) is -1.30. The molecule has 0 saturated carbocycles. The molecule has 2 amide bonds. The molecule has 0 unspecified atom stereocenters. The molecule has 1 aromatic heterocycles. The quantitative estimate of drug-likeness (QED) is 0.288. The second kappa shape index (κ2) is 13.2. The monoisotopic (exact) mass is 546 g/mol. The zero-order chi connectivity index (χ0) is 29.3. The van der Waals surface area contributed by atoms with Crippen LogP contribution in [0.25, 0.3) is 0 Å². The van der Waals surface area contributed by atoms with Crippen LogP contribution >= 0.6 is 0 Å². The third-order valence-electron chi connectivity index (χ3n) is 5.97. The minimum Gasteiger partial charge on any atom is -0.479 e. The number of carbonyl (C=O) groups excluding carboxylic acids is 3. The van der Waals surface area contributed by atoms with E-state index >= 15 is 0 Å². The van der Waals surface area contributed by atoms with Crippen molar-refractivity contribution < 1.29 is 33.8 Å². The number of nitrogens with zero attached hydrogens (tertiary/aromatic N) is 3. The van der Waals surface area contributed by atoms with Crippen LogP contribution in [0.2, 0.25) is 0 Å². The van der Waals surface area contributed by atoms with Crippen molar-refractivity contribution in [2.45, 2.75) is 91.0 Å². The van der Waals surface area contributed by atoms with Crippen molar-refractivity contribution in [3.05, 3.63) is 41.7 Å². The first-order valence-corrected chi connectivity index (χ1v) is 12.6. The Balaban J connectivity index is 2.09. The molecule has 0 aliphatic heterocycles. The van der Waals surface area contributed by atoms with Crippen LogP contribution in [-0.4, -0.2) is 60.8 Å². The Morgan fingerprint density at radius 1 is 1.03 bits per heavy atom. The molecule has 0 aliphatic carbocycles. The molecule has 1 heterocycles. The van der Waals surface area contributed by atoms with Crippen molar-refractivity contribution in [2.75, 3.05) is 0 Å². The molecular weight excluding hydrogens is 508 g/mol. The molecule has 13 nitrogen and oxygen atoms in total. The van der Waals surface area contributed by atoms with E-state index in [0.717, 1.165) is 5.56 Å². The minimum absolute atomic E-state index is 0.0212. The van der Waals surface area contributed by atoms with Gasteiger partial charge in [-0.15, -0.1) is 10.2 Å². The van der Waals surface area contributed by atoms with Gasteiger partial charge < -0.3 is 25.2 Å². The first kappa shape index (κ1) is 31.2. The Kier molecular flexibility index (Phi) is 10.5. The van der Waals surface area contributed by atoms with Crippen molar-refractivity contribution in [1.82, 2.24) is 31.3 Å². The predicted molar refractivity (Wildman–Crippen MR) is 139 cm³/mol. The van der Waals surface area contributed by atoms with E-state index in [1.807, 2.05) is 6.07 Å². The normalized spacial score (nSPS) is 14.0. The fourth-order valence-electron chi connectivity index (χ4n) is 3.84. The summed E-state index contributed by atoms with van der Waals surface area (Å²) in [6.45, 7) is 10.2. The van der Waals surface area contributed by atoms with E-state index in [1.165, 1.54) is 0 Å². The largest absolute Gasteiger partial charge is 0.479 e.